The van der Waals surface area contributed by atoms with Gasteiger partial charge in [-0.25, -0.2) is 0 Å². The molecule has 7 nitrogen and oxygen atoms in total. The van der Waals surface area contributed by atoms with Crippen LogP contribution in [0.5, 0.6) is 0 Å². The van der Waals surface area contributed by atoms with E-state index in [1.54, 1.807) is 23.1 Å². The molecule has 1 atom stereocenters. The number of hydrogen-bond acceptors (Lipinski definition) is 4. The second-order valence-electron chi connectivity index (χ2n) is 7.09. The minimum Gasteiger partial charge on any atom is -0.481 e. The van der Waals surface area contributed by atoms with Gasteiger partial charge in [0.15, 0.2) is 5.84 Å². The number of benzene rings is 1. The fourth-order valence-electron chi connectivity index (χ4n) is 2.93. The third-order valence-corrected chi connectivity index (χ3v) is 4.40. The van der Waals surface area contributed by atoms with Crippen molar-refractivity contribution >= 4 is 23.4 Å². The zero-order chi connectivity index (χ0) is 18.1. The average molecular weight is 333 g/mol. The first-order valence-electron chi connectivity index (χ1n) is 7.79. The Labute approximate surface area is 140 Å². The fourth-order valence-corrected chi connectivity index (χ4v) is 2.93. The van der Waals surface area contributed by atoms with Gasteiger partial charge in [0.25, 0.3) is 0 Å². The SMILES string of the molecule is CC(C)(C)C(CC(=O)N1CCc2cc(C(N)=NO)ccc21)C(=O)O. The van der Waals surface area contributed by atoms with Gasteiger partial charge in [0.1, 0.15) is 0 Å². The Bertz CT molecular complexity index is 692. The number of amidine groups is 1. The fraction of sp³-hybridized carbons (Fsp3) is 0.471. The summed E-state index contributed by atoms with van der Waals surface area (Å²) in [6.07, 6.45) is 0.612. The molecule has 0 bridgehead atoms. The van der Waals surface area contributed by atoms with E-state index in [2.05, 4.69) is 5.16 Å². The Morgan fingerprint density at radius 1 is 1.38 bits per heavy atom. The summed E-state index contributed by atoms with van der Waals surface area (Å²) in [6, 6.07) is 5.22. The van der Waals surface area contributed by atoms with E-state index in [9.17, 15) is 14.7 Å². The summed E-state index contributed by atoms with van der Waals surface area (Å²) >= 11 is 0. The van der Waals surface area contributed by atoms with Gasteiger partial charge in [-0.15, -0.1) is 0 Å². The number of rotatable bonds is 4. The van der Waals surface area contributed by atoms with Crippen molar-refractivity contribution < 1.29 is 19.9 Å². The normalized spacial score (nSPS) is 16.0. The first kappa shape index (κ1) is 17.8. The standard InChI is InChI=1S/C17H23N3O4/c1-17(2,3)12(16(22)23)9-14(21)20-7-6-10-8-11(15(18)19-24)4-5-13(10)20/h4-5,8,12,24H,6-7,9H2,1-3H3,(H2,18,19)(H,22,23). The van der Waals surface area contributed by atoms with Crippen LogP contribution in [0.1, 0.15) is 38.3 Å². The van der Waals surface area contributed by atoms with E-state index >= 15 is 0 Å². The zero-order valence-electron chi connectivity index (χ0n) is 14.1. The number of anilines is 1. The maximum absolute atomic E-state index is 12.6. The van der Waals surface area contributed by atoms with Crippen LogP contribution in [0.4, 0.5) is 5.69 Å². The van der Waals surface area contributed by atoms with E-state index in [0.29, 0.717) is 18.5 Å². The molecule has 0 radical (unpaired) electrons. The van der Waals surface area contributed by atoms with Crippen molar-refractivity contribution in [3.05, 3.63) is 29.3 Å². The van der Waals surface area contributed by atoms with E-state index < -0.39 is 17.3 Å². The number of carboxylic acids is 1. The summed E-state index contributed by atoms with van der Waals surface area (Å²) in [5, 5.41) is 21.1. The van der Waals surface area contributed by atoms with Gasteiger partial charge < -0.3 is 20.9 Å². The number of carbonyl (C=O) groups excluding carboxylic acids is 1. The van der Waals surface area contributed by atoms with E-state index in [1.807, 2.05) is 20.8 Å². The van der Waals surface area contributed by atoms with Gasteiger partial charge in [0, 0.05) is 24.2 Å². The maximum atomic E-state index is 12.6. The summed E-state index contributed by atoms with van der Waals surface area (Å²) in [5.74, 6) is -1.89. The van der Waals surface area contributed by atoms with Crippen molar-refractivity contribution in [2.45, 2.75) is 33.6 Å². The van der Waals surface area contributed by atoms with Gasteiger partial charge in [0.2, 0.25) is 5.91 Å². The van der Waals surface area contributed by atoms with Crippen LogP contribution in [-0.2, 0) is 16.0 Å². The number of hydrogen-bond donors (Lipinski definition) is 3. The van der Waals surface area contributed by atoms with Crippen LogP contribution in [-0.4, -0.2) is 34.6 Å². The molecule has 24 heavy (non-hydrogen) atoms. The lowest BCUT2D eigenvalue weighted by atomic mass is 9.78. The second kappa shape index (κ2) is 6.51. The quantitative estimate of drug-likeness (QED) is 0.336. The highest BCUT2D eigenvalue weighted by Crippen LogP contribution is 2.33. The Morgan fingerprint density at radius 2 is 2.04 bits per heavy atom. The molecule has 1 amide bonds. The van der Waals surface area contributed by atoms with E-state index in [0.717, 1.165) is 11.3 Å². The molecule has 0 fully saturated rings. The van der Waals surface area contributed by atoms with E-state index in [-0.39, 0.29) is 18.2 Å². The minimum atomic E-state index is -0.961. The molecule has 1 aromatic rings. The zero-order valence-corrected chi connectivity index (χ0v) is 14.1. The summed E-state index contributed by atoms with van der Waals surface area (Å²) in [6.45, 7) is 5.96. The van der Waals surface area contributed by atoms with Crippen molar-refractivity contribution in [3.8, 4) is 0 Å². The maximum Gasteiger partial charge on any atom is 0.307 e. The molecular formula is C17H23N3O4. The smallest absolute Gasteiger partial charge is 0.307 e. The van der Waals surface area contributed by atoms with Crippen LogP contribution in [0.2, 0.25) is 0 Å². The molecule has 0 aromatic heterocycles. The highest BCUT2D eigenvalue weighted by atomic mass is 16.4. The van der Waals surface area contributed by atoms with Gasteiger partial charge in [0.05, 0.1) is 5.92 Å². The van der Waals surface area contributed by atoms with Crippen LogP contribution in [0, 0.1) is 11.3 Å². The predicted octanol–water partition coefficient (Wildman–Crippen LogP) is 1.81. The number of nitrogens with two attached hydrogens (primary N) is 1. The molecule has 1 aromatic carbocycles. The average Bonchev–Trinajstić information content (AvgIpc) is 2.93. The first-order valence-corrected chi connectivity index (χ1v) is 7.79. The van der Waals surface area contributed by atoms with Crippen LogP contribution < -0.4 is 10.6 Å². The van der Waals surface area contributed by atoms with Gasteiger partial charge in [-0.3, -0.25) is 9.59 Å². The van der Waals surface area contributed by atoms with E-state index in [1.165, 1.54) is 0 Å². The van der Waals surface area contributed by atoms with E-state index in [4.69, 9.17) is 10.9 Å². The van der Waals surface area contributed by atoms with Gasteiger partial charge in [-0.05, 0) is 35.6 Å². The van der Waals surface area contributed by atoms with Crippen LogP contribution in [0.3, 0.4) is 0 Å². The summed E-state index contributed by atoms with van der Waals surface area (Å²) in [5.41, 5.74) is 7.35. The Kier molecular flexibility index (Phi) is 4.82. The lowest BCUT2D eigenvalue weighted by molar-refractivity contribution is -0.147. The molecule has 130 valence electrons. The number of carbonyl (C=O) groups is 2. The molecule has 0 saturated heterocycles. The monoisotopic (exact) mass is 333 g/mol. The third-order valence-electron chi connectivity index (χ3n) is 4.40. The topological polar surface area (TPSA) is 116 Å². The van der Waals surface area contributed by atoms with Crippen molar-refractivity contribution in [2.75, 3.05) is 11.4 Å². The lowest BCUT2D eigenvalue weighted by Gasteiger charge is -2.28. The Balaban J connectivity index is 2.22. The summed E-state index contributed by atoms with van der Waals surface area (Å²) in [7, 11) is 0. The van der Waals surface area contributed by atoms with Gasteiger partial charge in [-0.1, -0.05) is 25.9 Å². The molecule has 0 aliphatic carbocycles. The molecule has 0 spiro atoms. The molecule has 4 N–H and O–H groups in total. The molecule has 7 heteroatoms. The van der Waals surface area contributed by atoms with Gasteiger partial charge >= 0.3 is 5.97 Å². The molecular weight excluding hydrogens is 310 g/mol. The molecule has 0 saturated carbocycles. The molecule has 2 rings (SSSR count). The van der Waals surface area contributed by atoms with Crippen molar-refractivity contribution in [1.29, 1.82) is 0 Å². The minimum absolute atomic E-state index is 0.0150. The summed E-state index contributed by atoms with van der Waals surface area (Å²) in [4.78, 5) is 25.7. The van der Waals surface area contributed by atoms with Crippen LogP contribution in [0.15, 0.2) is 23.4 Å². The number of nitrogens with zero attached hydrogens (tertiary/aromatic N) is 2. The Hall–Kier alpha value is -2.57. The van der Waals surface area contributed by atoms with Gasteiger partial charge in [-0.2, -0.15) is 0 Å². The third kappa shape index (κ3) is 3.50. The Morgan fingerprint density at radius 3 is 2.58 bits per heavy atom. The van der Waals surface area contributed by atoms with Crippen molar-refractivity contribution in [3.63, 3.8) is 0 Å². The first-order chi connectivity index (χ1) is 11.1. The molecule has 1 aliphatic heterocycles. The highest BCUT2D eigenvalue weighted by molar-refractivity contribution is 6.00. The number of carboxylic acid groups (broad SMARTS) is 1. The van der Waals surface area contributed by atoms with Crippen molar-refractivity contribution in [2.24, 2.45) is 22.2 Å². The second-order valence-corrected chi connectivity index (χ2v) is 7.09. The number of oxime groups is 1. The van der Waals surface area contributed by atoms with Crippen LogP contribution in [0.25, 0.3) is 0 Å². The largest absolute Gasteiger partial charge is 0.481 e. The predicted molar refractivity (Wildman–Crippen MR) is 90.2 cm³/mol. The number of amides is 1. The number of aliphatic carboxylic acids is 1. The van der Waals surface area contributed by atoms with Crippen LogP contribution >= 0.6 is 0 Å². The molecule has 1 unspecified atom stereocenters. The summed E-state index contributed by atoms with van der Waals surface area (Å²) < 4.78 is 0. The molecule has 1 aliphatic rings. The van der Waals surface area contributed by atoms with Crippen molar-refractivity contribution in [1.82, 2.24) is 0 Å². The number of fused-ring (bicyclic) bond motifs is 1. The molecule has 1 heterocycles. The lowest BCUT2D eigenvalue weighted by Crippen LogP contribution is -2.37. The highest BCUT2D eigenvalue weighted by Gasteiger charge is 2.36.